The number of thiazole rings is 1. The molecule has 0 amide bonds. The highest BCUT2D eigenvalue weighted by atomic mass is 32.1. The normalized spacial score (nSPS) is 18.0. The fraction of sp³-hybridized carbons (Fsp3) is 0.421. The Hall–Kier alpha value is -2.29. The van der Waals surface area contributed by atoms with E-state index in [9.17, 15) is 0 Å². The van der Waals surface area contributed by atoms with E-state index in [1.54, 1.807) is 11.3 Å². The van der Waals surface area contributed by atoms with E-state index in [2.05, 4.69) is 33.4 Å². The number of aryl methyl sites for hydroxylation is 3. The molecule has 1 saturated heterocycles. The zero-order chi connectivity index (χ0) is 18.8. The van der Waals surface area contributed by atoms with Gasteiger partial charge in [-0.15, -0.1) is 11.3 Å². The molecule has 27 heavy (non-hydrogen) atoms. The minimum Gasteiger partial charge on any atom is -0.369 e. The van der Waals surface area contributed by atoms with Crippen LogP contribution in [0.2, 0.25) is 0 Å². The lowest BCUT2D eigenvalue weighted by molar-refractivity contribution is -0.0349. The maximum absolute atomic E-state index is 6.01. The van der Waals surface area contributed by atoms with Crippen LogP contribution in [-0.4, -0.2) is 44.3 Å². The van der Waals surface area contributed by atoms with E-state index in [-0.39, 0.29) is 6.10 Å². The zero-order valence-corrected chi connectivity index (χ0v) is 16.7. The van der Waals surface area contributed by atoms with Crippen molar-refractivity contribution in [1.82, 2.24) is 24.6 Å². The van der Waals surface area contributed by atoms with E-state index in [1.807, 2.05) is 43.0 Å². The molecule has 1 aliphatic rings. The van der Waals surface area contributed by atoms with E-state index in [0.29, 0.717) is 6.61 Å². The molecular formula is C19H24N6OS. The van der Waals surface area contributed by atoms with Crippen molar-refractivity contribution in [3.8, 4) is 0 Å². The Kier molecular flexibility index (Phi) is 5.20. The molecule has 4 rings (SSSR count). The lowest BCUT2D eigenvalue weighted by atomic mass is 10.1. The largest absolute Gasteiger partial charge is 0.369 e. The van der Waals surface area contributed by atoms with Crippen molar-refractivity contribution in [2.24, 2.45) is 7.05 Å². The van der Waals surface area contributed by atoms with Gasteiger partial charge in [0.25, 0.3) is 0 Å². The number of nitrogens with one attached hydrogen (secondary N) is 1. The van der Waals surface area contributed by atoms with Crippen LogP contribution in [0, 0.1) is 13.8 Å². The molecule has 0 spiro atoms. The SMILES string of the molecule is Cc1cnc(Nc2cccc(C3CN(Cc4cn(C)nc4C)CCO3)n2)s1. The molecule has 1 N–H and O–H groups in total. The van der Waals surface area contributed by atoms with E-state index in [0.717, 1.165) is 42.0 Å². The number of pyridine rings is 1. The molecule has 0 radical (unpaired) electrons. The third-order valence-electron chi connectivity index (χ3n) is 4.62. The van der Waals surface area contributed by atoms with Crippen molar-refractivity contribution in [3.63, 3.8) is 0 Å². The van der Waals surface area contributed by atoms with E-state index in [1.165, 1.54) is 10.4 Å². The fourth-order valence-corrected chi connectivity index (χ4v) is 3.96. The Bertz CT molecular complexity index is 921. The molecule has 0 aliphatic carbocycles. The lowest BCUT2D eigenvalue weighted by Crippen LogP contribution is -2.38. The van der Waals surface area contributed by atoms with Gasteiger partial charge < -0.3 is 10.1 Å². The second-order valence-electron chi connectivity index (χ2n) is 6.86. The van der Waals surface area contributed by atoms with Crippen molar-refractivity contribution in [3.05, 3.63) is 52.4 Å². The molecule has 8 heteroatoms. The molecule has 0 saturated carbocycles. The van der Waals surface area contributed by atoms with Gasteiger partial charge in [0.2, 0.25) is 0 Å². The summed E-state index contributed by atoms with van der Waals surface area (Å²) in [5, 5.41) is 8.58. The van der Waals surface area contributed by atoms with Gasteiger partial charge >= 0.3 is 0 Å². The summed E-state index contributed by atoms with van der Waals surface area (Å²) in [5.74, 6) is 0.797. The predicted molar refractivity (Wildman–Crippen MR) is 106 cm³/mol. The first-order chi connectivity index (χ1) is 13.1. The third-order valence-corrected chi connectivity index (χ3v) is 5.44. The Balaban J connectivity index is 1.44. The van der Waals surface area contributed by atoms with Crippen LogP contribution in [0.3, 0.4) is 0 Å². The van der Waals surface area contributed by atoms with Gasteiger partial charge in [0.05, 0.1) is 18.0 Å². The van der Waals surface area contributed by atoms with Crippen LogP contribution >= 0.6 is 11.3 Å². The highest BCUT2D eigenvalue weighted by molar-refractivity contribution is 7.15. The standard InChI is InChI=1S/C19H24N6OS/c1-13-9-20-19(27-13)22-18-6-4-5-16(21-18)17-12-25(7-8-26-17)11-15-10-24(3)23-14(15)2/h4-6,9-10,17H,7-8,11-12H2,1-3H3,(H,20,21,22). The van der Waals surface area contributed by atoms with E-state index < -0.39 is 0 Å². The number of ether oxygens (including phenoxy) is 1. The highest BCUT2D eigenvalue weighted by Crippen LogP contribution is 2.25. The first kappa shape index (κ1) is 18.1. The summed E-state index contributed by atoms with van der Waals surface area (Å²) in [6, 6.07) is 6.00. The Morgan fingerprint density at radius 3 is 2.96 bits per heavy atom. The van der Waals surface area contributed by atoms with Crippen molar-refractivity contribution < 1.29 is 4.74 Å². The molecule has 1 aliphatic heterocycles. The number of nitrogens with zero attached hydrogens (tertiary/aromatic N) is 5. The maximum Gasteiger partial charge on any atom is 0.188 e. The zero-order valence-electron chi connectivity index (χ0n) is 15.8. The molecule has 0 aromatic carbocycles. The van der Waals surface area contributed by atoms with Crippen LogP contribution in [0.1, 0.15) is 27.9 Å². The number of hydrogen-bond acceptors (Lipinski definition) is 7. The molecular weight excluding hydrogens is 360 g/mol. The summed E-state index contributed by atoms with van der Waals surface area (Å²) in [5.41, 5.74) is 3.30. The Morgan fingerprint density at radius 2 is 2.22 bits per heavy atom. The highest BCUT2D eigenvalue weighted by Gasteiger charge is 2.24. The van der Waals surface area contributed by atoms with Gasteiger partial charge in [-0.3, -0.25) is 9.58 Å². The van der Waals surface area contributed by atoms with E-state index >= 15 is 0 Å². The molecule has 3 aromatic rings. The van der Waals surface area contributed by atoms with Crippen LogP contribution in [-0.2, 0) is 18.3 Å². The maximum atomic E-state index is 6.01. The average molecular weight is 385 g/mol. The number of hydrogen-bond donors (Lipinski definition) is 1. The quantitative estimate of drug-likeness (QED) is 0.729. The lowest BCUT2D eigenvalue weighted by Gasteiger charge is -2.32. The van der Waals surface area contributed by atoms with Gasteiger partial charge in [0, 0.05) is 49.5 Å². The van der Waals surface area contributed by atoms with Gasteiger partial charge in [0.1, 0.15) is 11.9 Å². The minimum absolute atomic E-state index is 0.0319. The molecule has 3 aromatic heterocycles. The summed E-state index contributed by atoms with van der Waals surface area (Å²) in [6.45, 7) is 7.43. The summed E-state index contributed by atoms with van der Waals surface area (Å²) in [6.07, 6.45) is 3.92. The first-order valence-corrected chi connectivity index (χ1v) is 9.88. The molecule has 1 atom stereocenters. The molecule has 0 bridgehead atoms. The molecule has 1 fully saturated rings. The molecule has 142 valence electrons. The van der Waals surface area contributed by atoms with Crippen LogP contribution < -0.4 is 5.32 Å². The number of morpholine rings is 1. The molecule has 1 unspecified atom stereocenters. The Labute approximate surface area is 163 Å². The van der Waals surface area contributed by atoms with Gasteiger partial charge in [-0.25, -0.2) is 9.97 Å². The number of anilines is 2. The monoisotopic (exact) mass is 384 g/mol. The number of aromatic nitrogens is 4. The second-order valence-corrected chi connectivity index (χ2v) is 8.09. The summed E-state index contributed by atoms with van der Waals surface area (Å²) in [4.78, 5) is 12.7. The van der Waals surface area contributed by atoms with Crippen LogP contribution in [0.15, 0.2) is 30.6 Å². The topological polar surface area (TPSA) is 68.1 Å². The smallest absolute Gasteiger partial charge is 0.188 e. The van der Waals surface area contributed by atoms with Gasteiger partial charge in [-0.2, -0.15) is 5.10 Å². The summed E-state index contributed by atoms with van der Waals surface area (Å²) < 4.78 is 7.89. The molecule has 7 nitrogen and oxygen atoms in total. The predicted octanol–water partition coefficient (Wildman–Crippen LogP) is 3.21. The Morgan fingerprint density at radius 1 is 1.33 bits per heavy atom. The second kappa shape index (κ2) is 7.75. The number of rotatable bonds is 5. The van der Waals surface area contributed by atoms with Crippen molar-refractivity contribution in [2.75, 3.05) is 25.0 Å². The van der Waals surface area contributed by atoms with Crippen LogP contribution in [0.5, 0.6) is 0 Å². The van der Waals surface area contributed by atoms with Crippen LogP contribution in [0.25, 0.3) is 0 Å². The third kappa shape index (κ3) is 4.35. The van der Waals surface area contributed by atoms with Crippen molar-refractivity contribution in [1.29, 1.82) is 0 Å². The van der Waals surface area contributed by atoms with Crippen molar-refractivity contribution >= 4 is 22.3 Å². The average Bonchev–Trinajstić information content (AvgIpc) is 3.20. The summed E-state index contributed by atoms with van der Waals surface area (Å²) in [7, 11) is 1.96. The minimum atomic E-state index is -0.0319. The summed E-state index contributed by atoms with van der Waals surface area (Å²) >= 11 is 1.62. The van der Waals surface area contributed by atoms with Crippen LogP contribution in [0.4, 0.5) is 10.9 Å². The van der Waals surface area contributed by atoms with Crippen molar-refractivity contribution in [2.45, 2.75) is 26.5 Å². The first-order valence-electron chi connectivity index (χ1n) is 9.06. The van der Waals surface area contributed by atoms with Gasteiger partial charge in [-0.1, -0.05) is 6.07 Å². The van der Waals surface area contributed by atoms with Gasteiger partial charge in [0.15, 0.2) is 5.13 Å². The fourth-order valence-electron chi connectivity index (χ4n) is 3.29. The van der Waals surface area contributed by atoms with E-state index in [4.69, 9.17) is 9.72 Å². The van der Waals surface area contributed by atoms with Gasteiger partial charge in [-0.05, 0) is 26.0 Å². The molecule has 4 heterocycles.